The van der Waals surface area contributed by atoms with E-state index in [4.69, 9.17) is 0 Å². The van der Waals surface area contributed by atoms with Crippen LogP contribution in [0, 0.1) is 0 Å². The molecule has 1 rings (SSSR count). The largest absolute Gasteiger partial charge is 0.390 e. The molecule has 0 saturated carbocycles. The van der Waals surface area contributed by atoms with E-state index in [2.05, 4.69) is 20.9 Å². The fourth-order valence-electron chi connectivity index (χ4n) is 1.89. The molecule has 3 N–H and O–H groups in total. The molecule has 5 nitrogen and oxygen atoms in total. The lowest BCUT2D eigenvalue weighted by atomic mass is 10.1. The SMILES string of the molecule is CCCNC(=O)c1cccc(CNC(=NC)NCCC(F)(F)F)c1.I. The molecule has 0 heterocycles. The average Bonchev–Trinajstić information content (AvgIpc) is 2.55. The Kier molecular flexibility index (Phi) is 11.2. The average molecular weight is 472 g/mol. The van der Waals surface area contributed by atoms with Gasteiger partial charge in [-0.15, -0.1) is 24.0 Å². The van der Waals surface area contributed by atoms with Crippen LogP contribution in [0.5, 0.6) is 0 Å². The molecule has 0 aliphatic carbocycles. The first-order valence-corrected chi connectivity index (χ1v) is 7.74. The van der Waals surface area contributed by atoms with Crippen molar-refractivity contribution in [1.82, 2.24) is 16.0 Å². The van der Waals surface area contributed by atoms with Crippen LogP contribution < -0.4 is 16.0 Å². The number of hydrogen-bond acceptors (Lipinski definition) is 2. The van der Waals surface area contributed by atoms with E-state index in [9.17, 15) is 18.0 Å². The highest BCUT2D eigenvalue weighted by Crippen LogP contribution is 2.18. The number of benzene rings is 1. The predicted molar refractivity (Wildman–Crippen MR) is 103 cm³/mol. The maximum atomic E-state index is 12.1. The molecule has 0 saturated heterocycles. The summed E-state index contributed by atoms with van der Waals surface area (Å²) in [6.45, 7) is 2.68. The highest BCUT2D eigenvalue weighted by Gasteiger charge is 2.26. The van der Waals surface area contributed by atoms with Gasteiger partial charge in [0.1, 0.15) is 0 Å². The number of carbonyl (C=O) groups excluding carboxylic acids is 1. The van der Waals surface area contributed by atoms with Gasteiger partial charge < -0.3 is 16.0 Å². The van der Waals surface area contributed by atoms with E-state index in [1.165, 1.54) is 7.05 Å². The van der Waals surface area contributed by atoms with E-state index < -0.39 is 12.6 Å². The molecule has 0 atom stereocenters. The molecular formula is C16H24F3IN4O. The van der Waals surface area contributed by atoms with Crippen LogP contribution in [-0.2, 0) is 6.54 Å². The molecule has 1 aromatic carbocycles. The summed E-state index contributed by atoms with van der Waals surface area (Å²) >= 11 is 0. The van der Waals surface area contributed by atoms with Crippen LogP contribution in [0.4, 0.5) is 13.2 Å². The van der Waals surface area contributed by atoms with Gasteiger partial charge in [-0.3, -0.25) is 9.79 Å². The number of carbonyl (C=O) groups is 1. The van der Waals surface area contributed by atoms with Crippen LogP contribution in [-0.4, -0.2) is 38.2 Å². The maximum Gasteiger partial charge on any atom is 0.390 e. The van der Waals surface area contributed by atoms with Gasteiger partial charge in [-0.05, 0) is 24.1 Å². The van der Waals surface area contributed by atoms with Crippen LogP contribution in [0.3, 0.4) is 0 Å². The molecule has 0 fully saturated rings. The number of nitrogens with zero attached hydrogens (tertiary/aromatic N) is 1. The van der Waals surface area contributed by atoms with Gasteiger partial charge in [-0.25, -0.2) is 0 Å². The first-order valence-electron chi connectivity index (χ1n) is 7.74. The van der Waals surface area contributed by atoms with Crippen molar-refractivity contribution in [3.63, 3.8) is 0 Å². The molecule has 0 bridgehead atoms. The van der Waals surface area contributed by atoms with Crippen molar-refractivity contribution in [3.8, 4) is 0 Å². The Morgan fingerprint density at radius 3 is 2.48 bits per heavy atom. The molecule has 0 aliphatic heterocycles. The minimum Gasteiger partial charge on any atom is -0.356 e. The van der Waals surface area contributed by atoms with Gasteiger partial charge in [0, 0.05) is 32.2 Å². The van der Waals surface area contributed by atoms with Crippen molar-refractivity contribution in [1.29, 1.82) is 0 Å². The van der Waals surface area contributed by atoms with E-state index in [-0.39, 0.29) is 42.4 Å². The molecule has 9 heteroatoms. The van der Waals surface area contributed by atoms with Crippen molar-refractivity contribution >= 4 is 35.8 Å². The van der Waals surface area contributed by atoms with Crippen LogP contribution in [0.1, 0.15) is 35.7 Å². The van der Waals surface area contributed by atoms with E-state index in [1.807, 2.05) is 13.0 Å². The van der Waals surface area contributed by atoms with Gasteiger partial charge in [0.2, 0.25) is 0 Å². The topological polar surface area (TPSA) is 65.5 Å². The lowest BCUT2D eigenvalue weighted by Gasteiger charge is -2.13. The molecule has 1 amide bonds. The van der Waals surface area contributed by atoms with Gasteiger partial charge in [-0.1, -0.05) is 19.1 Å². The molecule has 0 aromatic heterocycles. The lowest BCUT2D eigenvalue weighted by Crippen LogP contribution is -2.38. The second-order valence-corrected chi connectivity index (χ2v) is 5.17. The van der Waals surface area contributed by atoms with Crippen molar-refractivity contribution in [2.75, 3.05) is 20.1 Å². The monoisotopic (exact) mass is 472 g/mol. The third-order valence-electron chi connectivity index (χ3n) is 3.11. The zero-order valence-electron chi connectivity index (χ0n) is 14.2. The minimum atomic E-state index is -4.20. The third kappa shape index (κ3) is 10.1. The number of rotatable bonds is 7. The van der Waals surface area contributed by atoms with Gasteiger partial charge in [-0.2, -0.15) is 13.2 Å². The van der Waals surface area contributed by atoms with Crippen molar-refractivity contribution in [2.45, 2.75) is 32.5 Å². The summed E-state index contributed by atoms with van der Waals surface area (Å²) in [6, 6.07) is 7.04. The van der Waals surface area contributed by atoms with E-state index in [0.29, 0.717) is 18.7 Å². The number of hydrogen-bond donors (Lipinski definition) is 3. The molecule has 0 unspecified atom stereocenters. The van der Waals surface area contributed by atoms with Gasteiger partial charge in [0.25, 0.3) is 5.91 Å². The fourth-order valence-corrected chi connectivity index (χ4v) is 1.89. The van der Waals surface area contributed by atoms with Gasteiger partial charge in [0.15, 0.2) is 5.96 Å². The zero-order valence-corrected chi connectivity index (χ0v) is 16.6. The summed E-state index contributed by atoms with van der Waals surface area (Å²) in [5.74, 6) is 0.131. The summed E-state index contributed by atoms with van der Waals surface area (Å²) in [4.78, 5) is 15.8. The smallest absolute Gasteiger partial charge is 0.356 e. The second kappa shape index (κ2) is 11.9. The normalized spacial score (nSPS) is 11.5. The Morgan fingerprint density at radius 2 is 1.88 bits per heavy atom. The number of amides is 1. The number of halogens is 4. The van der Waals surface area contributed by atoms with E-state index in [0.717, 1.165) is 12.0 Å². The predicted octanol–water partition coefficient (Wildman–Crippen LogP) is 3.06. The van der Waals surface area contributed by atoms with Crippen LogP contribution in [0.25, 0.3) is 0 Å². The van der Waals surface area contributed by atoms with Crippen LogP contribution in [0.15, 0.2) is 29.3 Å². The minimum absolute atomic E-state index is 0. The number of alkyl halides is 3. The van der Waals surface area contributed by atoms with Gasteiger partial charge >= 0.3 is 6.18 Å². The summed E-state index contributed by atoms with van der Waals surface area (Å²) in [5.41, 5.74) is 1.38. The van der Waals surface area contributed by atoms with E-state index in [1.54, 1.807) is 18.2 Å². The molecule has 0 radical (unpaired) electrons. The number of nitrogens with one attached hydrogen (secondary N) is 3. The van der Waals surface area contributed by atoms with Crippen molar-refractivity contribution < 1.29 is 18.0 Å². The highest BCUT2D eigenvalue weighted by molar-refractivity contribution is 14.0. The maximum absolute atomic E-state index is 12.1. The summed E-state index contributed by atoms with van der Waals surface area (Å²) in [5, 5.41) is 8.31. The van der Waals surface area contributed by atoms with Gasteiger partial charge in [0.05, 0.1) is 6.42 Å². The van der Waals surface area contributed by atoms with Crippen molar-refractivity contribution in [2.24, 2.45) is 4.99 Å². The Bertz CT molecular complexity index is 565. The van der Waals surface area contributed by atoms with E-state index >= 15 is 0 Å². The molecule has 25 heavy (non-hydrogen) atoms. The zero-order chi connectivity index (χ0) is 18.0. The molecule has 0 aliphatic rings. The summed E-state index contributed by atoms with van der Waals surface area (Å²) < 4.78 is 36.4. The molecule has 142 valence electrons. The molecule has 0 spiro atoms. The molecular weight excluding hydrogens is 448 g/mol. The highest BCUT2D eigenvalue weighted by atomic mass is 127. The first kappa shape index (κ1) is 23.5. The number of aliphatic imine (C=N–C) groups is 1. The fraction of sp³-hybridized carbons (Fsp3) is 0.500. The first-order chi connectivity index (χ1) is 11.4. The van der Waals surface area contributed by atoms with Crippen molar-refractivity contribution in [3.05, 3.63) is 35.4 Å². The van der Waals surface area contributed by atoms with Crippen LogP contribution >= 0.6 is 24.0 Å². The Labute approximate surface area is 162 Å². The second-order valence-electron chi connectivity index (χ2n) is 5.17. The Morgan fingerprint density at radius 1 is 1.16 bits per heavy atom. The summed E-state index contributed by atoms with van der Waals surface area (Å²) in [6.07, 6.45) is -4.28. The Balaban J connectivity index is 0.00000576. The molecule has 1 aromatic rings. The summed E-state index contributed by atoms with van der Waals surface area (Å²) in [7, 11) is 1.48. The quantitative estimate of drug-likeness (QED) is 0.325. The standard InChI is InChI=1S/C16H23F3N4O.HI/c1-3-8-21-14(24)13-6-4-5-12(10-13)11-23-15(20-2)22-9-7-16(17,18)19;/h4-6,10H,3,7-9,11H2,1-2H3,(H,21,24)(H2,20,22,23);1H. The lowest BCUT2D eigenvalue weighted by molar-refractivity contribution is -0.132. The Hall–Kier alpha value is -1.52. The number of guanidine groups is 1. The third-order valence-corrected chi connectivity index (χ3v) is 3.11. The van der Waals surface area contributed by atoms with Crippen LogP contribution in [0.2, 0.25) is 0 Å².